The fourth-order valence-electron chi connectivity index (χ4n) is 1.95. The standard InChI is InChI=1S/C9H16N3O2/c13-7-5-8(11-6-7)9(14)12-3-1-10-2-4-12/h7-8,11,13H,1-6H2. The normalized spacial score (nSPS) is 33.4. The minimum atomic E-state index is -0.363. The SMILES string of the molecule is O=C(C1CC(O)CN1)N1CC[N]CC1. The Kier molecular flexibility index (Phi) is 3.00. The smallest absolute Gasteiger partial charge is 0.239 e. The van der Waals surface area contributed by atoms with Crippen molar-refractivity contribution in [2.45, 2.75) is 18.6 Å². The van der Waals surface area contributed by atoms with Crippen LogP contribution in [0.2, 0.25) is 0 Å². The van der Waals surface area contributed by atoms with Crippen LogP contribution >= 0.6 is 0 Å². The number of piperazine rings is 1. The zero-order chi connectivity index (χ0) is 9.97. The molecule has 2 heterocycles. The van der Waals surface area contributed by atoms with Gasteiger partial charge in [-0.1, -0.05) is 0 Å². The second-order valence-electron chi connectivity index (χ2n) is 3.85. The summed E-state index contributed by atoms with van der Waals surface area (Å²) in [6, 6.07) is -0.178. The van der Waals surface area contributed by atoms with Crippen LogP contribution in [0.1, 0.15) is 6.42 Å². The Morgan fingerprint density at radius 2 is 2.14 bits per heavy atom. The number of aliphatic hydroxyl groups is 1. The van der Waals surface area contributed by atoms with Crippen LogP contribution in [0, 0.1) is 0 Å². The third-order valence-corrected chi connectivity index (χ3v) is 2.77. The van der Waals surface area contributed by atoms with Crippen LogP contribution in [0.4, 0.5) is 0 Å². The third kappa shape index (κ3) is 2.05. The number of β-amino-alcohol motifs (C(OH)–C–C–N with tert-alkyl or cyclic N) is 1. The Morgan fingerprint density at radius 3 is 2.71 bits per heavy atom. The summed E-state index contributed by atoms with van der Waals surface area (Å²) in [5.41, 5.74) is 0. The van der Waals surface area contributed by atoms with Crippen molar-refractivity contribution in [3.63, 3.8) is 0 Å². The number of nitrogens with one attached hydrogen (secondary N) is 1. The molecule has 0 aromatic heterocycles. The summed E-state index contributed by atoms with van der Waals surface area (Å²) in [7, 11) is 0. The van der Waals surface area contributed by atoms with E-state index in [1.165, 1.54) is 0 Å². The highest BCUT2D eigenvalue weighted by molar-refractivity contribution is 5.82. The lowest BCUT2D eigenvalue weighted by Crippen LogP contribution is -2.50. The zero-order valence-corrected chi connectivity index (χ0v) is 8.15. The molecule has 0 spiro atoms. The number of amides is 1. The molecule has 2 fully saturated rings. The number of rotatable bonds is 1. The molecule has 2 rings (SSSR count). The summed E-state index contributed by atoms with van der Waals surface area (Å²) in [6.07, 6.45) is 0.186. The van der Waals surface area contributed by atoms with Gasteiger partial charge in [-0.05, 0) is 6.42 Å². The van der Waals surface area contributed by atoms with E-state index in [-0.39, 0.29) is 18.1 Å². The number of hydrogen-bond donors (Lipinski definition) is 2. The topological polar surface area (TPSA) is 66.7 Å². The maximum absolute atomic E-state index is 11.9. The Labute approximate surface area is 83.5 Å². The summed E-state index contributed by atoms with van der Waals surface area (Å²) in [5.74, 6) is 0.122. The molecule has 0 aliphatic carbocycles. The maximum atomic E-state index is 11.9. The van der Waals surface area contributed by atoms with Gasteiger partial charge in [0.2, 0.25) is 5.91 Å². The highest BCUT2D eigenvalue weighted by atomic mass is 16.3. The molecular weight excluding hydrogens is 182 g/mol. The van der Waals surface area contributed by atoms with Crippen LogP contribution in [0.5, 0.6) is 0 Å². The molecule has 2 unspecified atom stereocenters. The van der Waals surface area contributed by atoms with Gasteiger partial charge in [-0.15, -0.1) is 0 Å². The zero-order valence-electron chi connectivity index (χ0n) is 8.15. The molecule has 0 bridgehead atoms. The van der Waals surface area contributed by atoms with Crippen molar-refractivity contribution in [3.8, 4) is 0 Å². The van der Waals surface area contributed by atoms with E-state index >= 15 is 0 Å². The first-order chi connectivity index (χ1) is 6.77. The maximum Gasteiger partial charge on any atom is 0.239 e. The van der Waals surface area contributed by atoms with Crippen molar-refractivity contribution in [2.24, 2.45) is 0 Å². The van der Waals surface area contributed by atoms with E-state index in [0.29, 0.717) is 13.0 Å². The molecule has 2 atom stereocenters. The van der Waals surface area contributed by atoms with Crippen molar-refractivity contribution in [3.05, 3.63) is 0 Å². The molecule has 14 heavy (non-hydrogen) atoms. The van der Waals surface area contributed by atoms with Crippen LogP contribution in [-0.4, -0.2) is 60.8 Å². The first-order valence-corrected chi connectivity index (χ1v) is 5.11. The van der Waals surface area contributed by atoms with E-state index < -0.39 is 0 Å². The van der Waals surface area contributed by atoms with Crippen molar-refractivity contribution < 1.29 is 9.90 Å². The third-order valence-electron chi connectivity index (χ3n) is 2.77. The molecule has 0 aromatic rings. The van der Waals surface area contributed by atoms with Gasteiger partial charge in [0.15, 0.2) is 0 Å². The molecule has 0 aromatic carbocycles. The molecule has 1 amide bonds. The number of hydrogen-bond acceptors (Lipinski definition) is 3. The molecule has 2 aliphatic rings. The van der Waals surface area contributed by atoms with Gasteiger partial charge >= 0.3 is 0 Å². The van der Waals surface area contributed by atoms with E-state index in [0.717, 1.165) is 26.2 Å². The molecule has 1 radical (unpaired) electrons. The molecule has 2 saturated heterocycles. The first-order valence-electron chi connectivity index (χ1n) is 5.11. The summed E-state index contributed by atoms with van der Waals surface area (Å²) in [5, 5.41) is 16.5. The van der Waals surface area contributed by atoms with Gasteiger partial charge in [0.25, 0.3) is 0 Å². The van der Waals surface area contributed by atoms with Crippen molar-refractivity contribution in [1.29, 1.82) is 0 Å². The highest BCUT2D eigenvalue weighted by Gasteiger charge is 2.31. The largest absolute Gasteiger partial charge is 0.392 e. The Morgan fingerprint density at radius 1 is 1.43 bits per heavy atom. The van der Waals surface area contributed by atoms with E-state index in [1.807, 2.05) is 4.90 Å². The van der Waals surface area contributed by atoms with E-state index in [1.54, 1.807) is 0 Å². The fraction of sp³-hybridized carbons (Fsp3) is 0.889. The summed E-state index contributed by atoms with van der Waals surface area (Å²) >= 11 is 0. The number of nitrogens with zero attached hydrogens (tertiary/aromatic N) is 2. The number of carbonyl (C=O) groups is 1. The molecule has 0 saturated carbocycles. The number of carbonyl (C=O) groups excluding carboxylic acids is 1. The minimum absolute atomic E-state index is 0.122. The summed E-state index contributed by atoms with van der Waals surface area (Å²) in [4.78, 5) is 13.7. The van der Waals surface area contributed by atoms with Gasteiger partial charge in [0.05, 0.1) is 12.1 Å². The molecule has 2 aliphatic heterocycles. The molecular formula is C9H16N3O2. The fourth-order valence-corrected chi connectivity index (χ4v) is 1.95. The molecule has 5 nitrogen and oxygen atoms in total. The van der Waals surface area contributed by atoms with Gasteiger partial charge in [0, 0.05) is 32.7 Å². The van der Waals surface area contributed by atoms with Crippen LogP contribution in [0.3, 0.4) is 0 Å². The Hall–Kier alpha value is -0.650. The molecule has 5 heteroatoms. The van der Waals surface area contributed by atoms with Gasteiger partial charge < -0.3 is 15.3 Å². The molecule has 2 N–H and O–H groups in total. The lowest BCUT2D eigenvalue weighted by molar-refractivity contribution is -0.133. The van der Waals surface area contributed by atoms with Gasteiger partial charge in [0.1, 0.15) is 0 Å². The van der Waals surface area contributed by atoms with Crippen LogP contribution in [0.25, 0.3) is 0 Å². The monoisotopic (exact) mass is 198 g/mol. The van der Waals surface area contributed by atoms with Gasteiger partial charge in [-0.3, -0.25) is 4.79 Å². The van der Waals surface area contributed by atoms with Crippen LogP contribution < -0.4 is 10.6 Å². The average Bonchev–Trinajstić information content (AvgIpc) is 2.65. The summed E-state index contributed by atoms with van der Waals surface area (Å²) in [6.45, 7) is 3.50. The van der Waals surface area contributed by atoms with Gasteiger partial charge in [-0.2, -0.15) is 0 Å². The number of aliphatic hydroxyl groups excluding tert-OH is 1. The second kappa shape index (κ2) is 4.25. The summed E-state index contributed by atoms with van der Waals surface area (Å²) < 4.78 is 0. The quantitative estimate of drug-likeness (QED) is 0.520. The van der Waals surface area contributed by atoms with Crippen LogP contribution in [-0.2, 0) is 4.79 Å². The van der Waals surface area contributed by atoms with E-state index in [4.69, 9.17) is 0 Å². The minimum Gasteiger partial charge on any atom is -0.392 e. The lowest BCUT2D eigenvalue weighted by atomic mass is 10.1. The van der Waals surface area contributed by atoms with Gasteiger partial charge in [-0.25, -0.2) is 5.32 Å². The van der Waals surface area contributed by atoms with Crippen molar-refractivity contribution in [2.75, 3.05) is 32.7 Å². The second-order valence-corrected chi connectivity index (χ2v) is 3.85. The Balaban J connectivity index is 1.87. The van der Waals surface area contributed by atoms with E-state index in [9.17, 15) is 9.90 Å². The predicted molar refractivity (Wildman–Crippen MR) is 50.9 cm³/mol. The van der Waals surface area contributed by atoms with Crippen LogP contribution in [0.15, 0.2) is 0 Å². The average molecular weight is 198 g/mol. The predicted octanol–water partition coefficient (Wildman–Crippen LogP) is -1.84. The highest BCUT2D eigenvalue weighted by Crippen LogP contribution is 2.10. The Bertz CT molecular complexity index is 209. The first kappa shape index (κ1) is 9.89. The lowest BCUT2D eigenvalue weighted by Gasteiger charge is -2.28. The van der Waals surface area contributed by atoms with Crippen molar-refractivity contribution in [1.82, 2.24) is 15.5 Å². The van der Waals surface area contributed by atoms with Crippen molar-refractivity contribution >= 4 is 5.91 Å². The molecule has 79 valence electrons. The van der Waals surface area contributed by atoms with E-state index in [2.05, 4.69) is 10.6 Å².